The molecule has 7 heteroatoms. The highest BCUT2D eigenvalue weighted by molar-refractivity contribution is 5.60. The van der Waals surface area contributed by atoms with Crippen LogP contribution in [0.1, 0.15) is 132 Å². The first-order valence-electron chi connectivity index (χ1n) is 19.6. The van der Waals surface area contributed by atoms with Crippen LogP contribution >= 0.6 is 0 Å². The lowest BCUT2D eigenvalue weighted by molar-refractivity contribution is -0.0613. The molecule has 0 aliphatic heterocycles. The van der Waals surface area contributed by atoms with Crippen molar-refractivity contribution < 1.29 is 33.6 Å². The van der Waals surface area contributed by atoms with Crippen LogP contribution < -0.4 is 0 Å². The normalized spacial score (nSPS) is 32.0. The maximum Gasteiger partial charge on any atom is 0.508 e. The van der Waals surface area contributed by atoms with E-state index in [0.29, 0.717) is 45.1 Å². The minimum atomic E-state index is -0.575. The van der Waals surface area contributed by atoms with Crippen LogP contribution in [0.5, 0.6) is 0 Å². The molecule has 0 amide bonds. The van der Waals surface area contributed by atoms with E-state index in [4.69, 9.17) is 28.8 Å². The highest BCUT2D eigenvalue weighted by atomic mass is 16.7. The third-order valence-electron chi connectivity index (χ3n) is 12.8. The molecular formula is C41H72O7. The van der Waals surface area contributed by atoms with Gasteiger partial charge in [0.1, 0.15) is 12.7 Å². The summed E-state index contributed by atoms with van der Waals surface area (Å²) in [7, 11) is 0. The summed E-state index contributed by atoms with van der Waals surface area (Å²) in [4.78, 5) is 12.6. The zero-order chi connectivity index (χ0) is 35.0. The lowest BCUT2D eigenvalue weighted by atomic mass is 9.47. The fraction of sp³-hybridized carbons (Fsp3) is 0.927. The summed E-state index contributed by atoms with van der Waals surface area (Å²) in [5.74, 6) is 4.21. The largest absolute Gasteiger partial charge is 0.508 e. The zero-order valence-electron chi connectivity index (χ0n) is 32.1. The summed E-state index contributed by atoms with van der Waals surface area (Å²) in [6.07, 6.45) is 17.2. The van der Waals surface area contributed by atoms with Gasteiger partial charge in [-0.15, -0.1) is 0 Å². The second-order valence-corrected chi connectivity index (χ2v) is 18.5. The number of hydrogen-bond donors (Lipinski definition) is 1. The second-order valence-electron chi connectivity index (χ2n) is 18.5. The number of carbonyl (C=O) groups excluding carboxylic acids is 1. The van der Waals surface area contributed by atoms with E-state index in [9.17, 15) is 4.79 Å². The van der Waals surface area contributed by atoms with E-state index in [-0.39, 0.29) is 35.6 Å². The Bertz CT molecular complexity index is 1040. The van der Waals surface area contributed by atoms with E-state index >= 15 is 0 Å². The number of unbranched alkanes of at least 4 members (excludes halogenated alkanes) is 1. The fourth-order valence-corrected chi connectivity index (χ4v) is 10.1. The summed E-state index contributed by atoms with van der Waals surface area (Å²) in [5.41, 5.74) is 2.02. The van der Waals surface area contributed by atoms with Gasteiger partial charge in [-0.05, 0) is 91.8 Å². The fourth-order valence-electron chi connectivity index (χ4n) is 10.1. The monoisotopic (exact) mass is 677 g/mol. The molecule has 0 radical (unpaired) electrons. The van der Waals surface area contributed by atoms with Crippen molar-refractivity contribution in [1.82, 2.24) is 0 Å². The molecule has 4 aliphatic rings. The van der Waals surface area contributed by atoms with Gasteiger partial charge in [0.15, 0.2) is 0 Å². The summed E-state index contributed by atoms with van der Waals surface area (Å²) >= 11 is 0. The molecule has 0 aromatic rings. The lowest BCUT2D eigenvalue weighted by Crippen LogP contribution is -2.50. The van der Waals surface area contributed by atoms with Crippen molar-refractivity contribution in [3.05, 3.63) is 11.6 Å². The highest BCUT2D eigenvalue weighted by Crippen LogP contribution is 2.66. The van der Waals surface area contributed by atoms with Gasteiger partial charge in [0.25, 0.3) is 0 Å². The molecule has 7 unspecified atom stereocenters. The van der Waals surface area contributed by atoms with Crippen LogP contribution in [-0.2, 0) is 23.7 Å². The molecule has 278 valence electrons. The molecule has 7 atom stereocenters. The Morgan fingerprint density at radius 1 is 0.875 bits per heavy atom. The Balaban J connectivity index is 1.15. The van der Waals surface area contributed by atoms with Crippen molar-refractivity contribution in [2.24, 2.45) is 51.2 Å². The zero-order valence-corrected chi connectivity index (χ0v) is 32.1. The maximum atomic E-state index is 12.6. The highest BCUT2D eigenvalue weighted by Gasteiger charge is 2.58. The molecule has 4 aliphatic carbocycles. The third-order valence-corrected chi connectivity index (χ3v) is 12.8. The summed E-state index contributed by atoms with van der Waals surface area (Å²) in [6, 6.07) is 0. The number of allylic oxidation sites excluding steroid dienone is 1. The number of carbonyl (C=O) groups is 1. The Morgan fingerprint density at radius 2 is 1.56 bits per heavy atom. The molecule has 0 bridgehead atoms. The molecule has 4 rings (SSSR count). The van der Waals surface area contributed by atoms with Crippen molar-refractivity contribution >= 4 is 6.16 Å². The van der Waals surface area contributed by atoms with Crippen molar-refractivity contribution in [1.29, 1.82) is 0 Å². The average molecular weight is 677 g/mol. The van der Waals surface area contributed by atoms with Gasteiger partial charge in [-0.3, -0.25) is 0 Å². The molecule has 7 nitrogen and oxygen atoms in total. The summed E-state index contributed by atoms with van der Waals surface area (Å²) < 4.78 is 28.5. The first-order chi connectivity index (χ1) is 22.7. The van der Waals surface area contributed by atoms with Crippen LogP contribution in [0.2, 0.25) is 0 Å². The molecule has 3 saturated carbocycles. The number of fused-ring (bicyclic) bond motifs is 5. The molecule has 0 heterocycles. The van der Waals surface area contributed by atoms with Crippen molar-refractivity contribution in [3.8, 4) is 0 Å². The first-order valence-corrected chi connectivity index (χ1v) is 19.6. The molecule has 0 aromatic heterocycles. The minimum Gasteiger partial charge on any atom is -0.432 e. The van der Waals surface area contributed by atoms with E-state index in [0.717, 1.165) is 48.9 Å². The van der Waals surface area contributed by atoms with Crippen LogP contribution in [-0.4, -0.2) is 70.2 Å². The van der Waals surface area contributed by atoms with E-state index in [2.05, 4.69) is 61.5 Å². The van der Waals surface area contributed by atoms with E-state index in [1.54, 1.807) is 0 Å². The average Bonchev–Trinajstić information content (AvgIpc) is 3.35. The van der Waals surface area contributed by atoms with Crippen LogP contribution in [0.15, 0.2) is 11.6 Å². The number of aliphatic hydroxyl groups excluding tert-OH is 1. The SMILES string of the molecule is CC(C)CCCCC1CCC2C3CC=C4CC(OC(=O)OCCOCC(C)(C)COCC(C)(C)COCCO)CCC4(C)C3CCC12C. The summed E-state index contributed by atoms with van der Waals surface area (Å²) in [5, 5.41) is 8.90. The van der Waals surface area contributed by atoms with Crippen LogP contribution in [0, 0.1) is 51.2 Å². The molecule has 0 aromatic carbocycles. The molecule has 48 heavy (non-hydrogen) atoms. The van der Waals surface area contributed by atoms with Gasteiger partial charge in [-0.25, -0.2) is 4.79 Å². The number of aliphatic hydroxyl groups is 1. The van der Waals surface area contributed by atoms with Gasteiger partial charge in [-0.1, -0.05) is 86.3 Å². The standard InChI is InChI=1S/C41H72O7/c1-30(2)11-9-10-12-31-14-16-35-34-15-13-32-25-33(17-19-41(32,8)36(34)18-20-40(31,35)7)48-37(43)47-24-23-45-27-39(5,6)29-46-28-38(3,4)26-44-22-21-42/h13,30-31,33-36,42H,9-12,14-29H2,1-8H3. The van der Waals surface area contributed by atoms with Gasteiger partial charge < -0.3 is 28.8 Å². The first kappa shape index (κ1) is 39.6. The molecule has 3 fully saturated rings. The van der Waals surface area contributed by atoms with Gasteiger partial charge in [0, 0.05) is 17.3 Å². The second kappa shape index (κ2) is 17.4. The third kappa shape index (κ3) is 10.4. The van der Waals surface area contributed by atoms with Crippen LogP contribution in [0.25, 0.3) is 0 Å². The van der Waals surface area contributed by atoms with Gasteiger partial charge in [-0.2, -0.15) is 0 Å². The molecule has 0 spiro atoms. The van der Waals surface area contributed by atoms with Gasteiger partial charge in [0.2, 0.25) is 0 Å². The Hall–Kier alpha value is -1.15. The van der Waals surface area contributed by atoms with E-state index in [1.807, 2.05) is 0 Å². The topological polar surface area (TPSA) is 83.5 Å². The minimum absolute atomic E-state index is 0.0289. The molecular weight excluding hydrogens is 604 g/mol. The Morgan fingerprint density at radius 3 is 2.25 bits per heavy atom. The number of rotatable bonds is 19. The lowest BCUT2D eigenvalue weighted by Gasteiger charge is -2.58. The van der Waals surface area contributed by atoms with Crippen LogP contribution in [0.4, 0.5) is 4.79 Å². The quantitative estimate of drug-likeness (QED) is 0.0829. The molecule has 0 saturated heterocycles. The predicted molar refractivity (Wildman–Crippen MR) is 192 cm³/mol. The van der Waals surface area contributed by atoms with E-state index in [1.165, 1.54) is 63.4 Å². The summed E-state index contributed by atoms with van der Waals surface area (Å²) in [6.45, 7) is 21.3. The van der Waals surface area contributed by atoms with Crippen molar-refractivity contribution in [3.63, 3.8) is 0 Å². The van der Waals surface area contributed by atoms with Crippen molar-refractivity contribution in [2.45, 2.75) is 139 Å². The molecule has 1 N–H and O–H groups in total. The Labute approximate surface area is 293 Å². The van der Waals surface area contributed by atoms with E-state index < -0.39 is 6.16 Å². The van der Waals surface area contributed by atoms with Crippen LogP contribution in [0.3, 0.4) is 0 Å². The van der Waals surface area contributed by atoms with Gasteiger partial charge >= 0.3 is 6.16 Å². The smallest absolute Gasteiger partial charge is 0.432 e. The van der Waals surface area contributed by atoms with Gasteiger partial charge in [0.05, 0.1) is 46.2 Å². The van der Waals surface area contributed by atoms with Crippen molar-refractivity contribution in [2.75, 3.05) is 52.9 Å². The number of ether oxygens (including phenoxy) is 5. The Kier molecular flexibility index (Phi) is 14.3. The predicted octanol–water partition coefficient (Wildman–Crippen LogP) is 9.40. The maximum absolute atomic E-state index is 12.6. The number of hydrogen-bond acceptors (Lipinski definition) is 7.